The second kappa shape index (κ2) is 9.46. The lowest BCUT2D eigenvalue weighted by Crippen LogP contribution is -2.49. The first kappa shape index (κ1) is 22.4. The molecule has 0 atom stereocenters. The smallest absolute Gasteiger partial charge is 0.337 e. The molecule has 1 aromatic heterocycles. The average molecular weight is 463 g/mol. The second-order valence-corrected chi connectivity index (χ2v) is 9.18. The summed E-state index contributed by atoms with van der Waals surface area (Å²) < 4.78 is 6.65. The second-order valence-electron chi connectivity index (χ2n) is 9.18. The molecule has 3 aromatic rings. The molecule has 178 valence electrons. The first-order valence-corrected chi connectivity index (χ1v) is 12.0. The van der Waals surface area contributed by atoms with Gasteiger partial charge in [0.25, 0.3) is 5.91 Å². The van der Waals surface area contributed by atoms with Gasteiger partial charge in [-0.3, -0.25) is 9.36 Å². The monoisotopic (exact) mass is 462 g/mol. The van der Waals surface area contributed by atoms with E-state index >= 15 is 0 Å². The fraction of sp³-hybridized carbons (Fsp3) is 0.423. The zero-order chi connectivity index (χ0) is 23.7. The van der Waals surface area contributed by atoms with Crippen molar-refractivity contribution in [2.24, 2.45) is 0 Å². The zero-order valence-electron chi connectivity index (χ0n) is 19.4. The van der Waals surface area contributed by atoms with Crippen molar-refractivity contribution >= 4 is 22.9 Å². The number of piperidine rings is 2. The highest BCUT2D eigenvalue weighted by Gasteiger charge is 2.31. The predicted molar refractivity (Wildman–Crippen MR) is 129 cm³/mol. The zero-order valence-corrected chi connectivity index (χ0v) is 19.4. The number of carbonyl (C=O) groups is 2. The van der Waals surface area contributed by atoms with Gasteiger partial charge in [-0.15, -0.1) is 0 Å². The SMILES string of the molecule is COC(=O)c1ccc(C(=O)N2CCC(N3CCC(n4c(=O)[nH]c5ccccc54)CC3)CC2)cc1. The third kappa shape index (κ3) is 4.25. The first-order chi connectivity index (χ1) is 16.5. The van der Waals surface area contributed by atoms with Crippen molar-refractivity contribution in [3.05, 3.63) is 70.1 Å². The van der Waals surface area contributed by atoms with Gasteiger partial charge < -0.3 is 19.5 Å². The number of aromatic nitrogens is 2. The van der Waals surface area contributed by atoms with Crippen LogP contribution in [0, 0.1) is 0 Å². The number of benzene rings is 2. The van der Waals surface area contributed by atoms with Crippen LogP contribution in [0.1, 0.15) is 52.4 Å². The van der Waals surface area contributed by atoms with E-state index in [0.29, 0.717) is 17.2 Å². The standard InChI is InChI=1S/C26H30N4O4/c1-34-25(32)19-8-6-18(7-9-19)24(31)29-16-10-20(11-17-29)28-14-12-21(13-15-28)30-23-5-3-2-4-22(23)27-26(30)33/h2-9,20-21H,10-17H2,1H3,(H,27,33). The van der Waals surface area contributed by atoms with Crippen molar-refractivity contribution in [2.75, 3.05) is 33.3 Å². The maximum absolute atomic E-state index is 12.9. The Morgan fingerprint density at radius 3 is 2.15 bits per heavy atom. The Kier molecular flexibility index (Phi) is 6.24. The normalized spacial score (nSPS) is 18.3. The minimum absolute atomic E-state index is 0.00675. The van der Waals surface area contributed by atoms with Crippen LogP contribution in [0.3, 0.4) is 0 Å². The van der Waals surface area contributed by atoms with Crippen LogP contribution in [0.2, 0.25) is 0 Å². The van der Waals surface area contributed by atoms with E-state index in [4.69, 9.17) is 4.74 Å². The predicted octanol–water partition coefficient (Wildman–Crippen LogP) is 3.06. The van der Waals surface area contributed by atoms with Gasteiger partial charge in [0, 0.05) is 43.8 Å². The number of methoxy groups -OCH3 is 1. The number of carbonyl (C=O) groups excluding carboxylic acids is 2. The number of aromatic amines is 1. The third-order valence-corrected chi connectivity index (χ3v) is 7.31. The van der Waals surface area contributed by atoms with Gasteiger partial charge in [-0.2, -0.15) is 0 Å². The summed E-state index contributed by atoms with van der Waals surface area (Å²) >= 11 is 0. The van der Waals surface area contributed by atoms with E-state index in [2.05, 4.69) is 9.88 Å². The van der Waals surface area contributed by atoms with Crippen molar-refractivity contribution < 1.29 is 14.3 Å². The van der Waals surface area contributed by atoms with Gasteiger partial charge in [0.2, 0.25) is 0 Å². The van der Waals surface area contributed by atoms with E-state index in [1.807, 2.05) is 33.7 Å². The van der Waals surface area contributed by atoms with Crippen LogP contribution in [0.15, 0.2) is 53.3 Å². The minimum Gasteiger partial charge on any atom is -0.465 e. The summed E-state index contributed by atoms with van der Waals surface area (Å²) in [6.45, 7) is 3.38. The molecule has 0 unspecified atom stereocenters. The lowest BCUT2D eigenvalue weighted by Gasteiger charge is -2.42. The molecule has 2 aromatic carbocycles. The van der Waals surface area contributed by atoms with Gasteiger partial charge in [-0.05, 0) is 62.1 Å². The number of hydrogen-bond acceptors (Lipinski definition) is 5. The van der Waals surface area contributed by atoms with Crippen LogP contribution < -0.4 is 5.69 Å². The molecule has 2 saturated heterocycles. The fourth-order valence-electron chi connectivity index (χ4n) is 5.43. The Morgan fingerprint density at radius 1 is 0.853 bits per heavy atom. The van der Waals surface area contributed by atoms with E-state index < -0.39 is 5.97 Å². The third-order valence-electron chi connectivity index (χ3n) is 7.31. The number of hydrogen-bond donors (Lipinski definition) is 1. The number of ether oxygens (including phenoxy) is 1. The van der Waals surface area contributed by atoms with Crippen LogP contribution in [-0.4, -0.2) is 70.6 Å². The summed E-state index contributed by atoms with van der Waals surface area (Å²) in [6.07, 6.45) is 3.80. The summed E-state index contributed by atoms with van der Waals surface area (Å²) in [4.78, 5) is 44.5. The summed E-state index contributed by atoms with van der Waals surface area (Å²) in [6, 6.07) is 15.2. The lowest BCUT2D eigenvalue weighted by atomic mass is 9.97. The molecule has 8 heteroatoms. The Morgan fingerprint density at radius 2 is 1.47 bits per heavy atom. The molecule has 2 aliphatic heterocycles. The number of para-hydroxylation sites is 2. The lowest BCUT2D eigenvalue weighted by molar-refractivity contribution is 0.0555. The Hall–Kier alpha value is -3.39. The number of nitrogens with zero attached hydrogens (tertiary/aromatic N) is 3. The molecule has 8 nitrogen and oxygen atoms in total. The number of fused-ring (bicyclic) bond motifs is 1. The first-order valence-electron chi connectivity index (χ1n) is 12.0. The number of imidazole rings is 1. The summed E-state index contributed by atoms with van der Waals surface area (Å²) in [7, 11) is 1.34. The van der Waals surface area contributed by atoms with Crippen molar-refractivity contribution in [3.63, 3.8) is 0 Å². The van der Waals surface area contributed by atoms with Crippen molar-refractivity contribution in [1.82, 2.24) is 19.4 Å². The van der Waals surface area contributed by atoms with Crippen LogP contribution >= 0.6 is 0 Å². The van der Waals surface area contributed by atoms with Crippen molar-refractivity contribution in [2.45, 2.75) is 37.8 Å². The van der Waals surface area contributed by atoms with Crippen LogP contribution in [-0.2, 0) is 4.74 Å². The van der Waals surface area contributed by atoms with Gasteiger partial charge >= 0.3 is 11.7 Å². The number of H-pyrrole nitrogens is 1. The number of nitrogens with one attached hydrogen (secondary N) is 1. The number of esters is 1. The van der Waals surface area contributed by atoms with Gasteiger partial charge in [0.1, 0.15) is 0 Å². The molecule has 0 spiro atoms. The Bertz CT molecular complexity index is 1230. The highest BCUT2D eigenvalue weighted by molar-refractivity contribution is 5.96. The van der Waals surface area contributed by atoms with E-state index in [1.165, 1.54) is 7.11 Å². The molecule has 34 heavy (non-hydrogen) atoms. The quantitative estimate of drug-likeness (QED) is 0.602. The maximum Gasteiger partial charge on any atom is 0.337 e. The van der Waals surface area contributed by atoms with Crippen molar-refractivity contribution in [1.29, 1.82) is 0 Å². The summed E-state index contributed by atoms with van der Waals surface area (Å²) in [5.74, 6) is -0.398. The van der Waals surface area contributed by atoms with Crippen LogP contribution in [0.4, 0.5) is 0 Å². The number of likely N-dealkylation sites (tertiary alicyclic amines) is 2. The number of amides is 1. The minimum atomic E-state index is -0.404. The molecule has 2 aliphatic rings. The molecule has 1 amide bonds. The summed E-state index contributed by atoms with van der Waals surface area (Å²) in [5.41, 5.74) is 2.89. The van der Waals surface area contributed by atoms with Gasteiger partial charge in [0.05, 0.1) is 23.7 Å². The average Bonchev–Trinajstić information content (AvgIpc) is 3.23. The molecule has 3 heterocycles. The molecular formula is C26H30N4O4. The molecule has 2 fully saturated rings. The van der Waals surface area contributed by atoms with Gasteiger partial charge in [0.15, 0.2) is 0 Å². The number of rotatable bonds is 4. The fourth-order valence-corrected chi connectivity index (χ4v) is 5.43. The molecule has 0 bridgehead atoms. The molecular weight excluding hydrogens is 432 g/mol. The molecule has 0 aliphatic carbocycles. The molecule has 0 radical (unpaired) electrons. The molecule has 0 saturated carbocycles. The largest absolute Gasteiger partial charge is 0.465 e. The molecule has 1 N–H and O–H groups in total. The van der Waals surface area contributed by atoms with E-state index in [9.17, 15) is 14.4 Å². The van der Waals surface area contributed by atoms with Crippen LogP contribution in [0.25, 0.3) is 11.0 Å². The van der Waals surface area contributed by atoms with E-state index in [1.54, 1.807) is 24.3 Å². The van der Waals surface area contributed by atoms with E-state index in [0.717, 1.165) is 62.9 Å². The maximum atomic E-state index is 12.9. The van der Waals surface area contributed by atoms with E-state index in [-0.39, 0.29) is 17.6 Å². The topological polar surface area (TPSA) is 87.6 Å². The Balaban J connectivity index is 1.15. The Labute approximate surface area is 198 Å². The highest BCUT2D eigenvalue weighted by atomic mass is 16.5. The van der Waals surface area contributed by atoms with Gasteiger partial charge in [-0.1, -0.05) is 12.1 Å². The van der Waals surface area contributed by atoms with Crippen molar-refractivity contribution in [3.8, 4) is 0 Å². The highest BCUT2D eigenvalue weighted by Crippen LogP contribution is 2.28. The van der Waals surface area contributed by atoms with Crippen LogP contribution in [0.5, 0.6) is 0 Å². The molecule has 5 rings (SSSR count). The summed E-state index contributed by atoms with van der Waals surface area (Å²) in [5, 5.41) is 0. The van der Waals surface area contributed by atoms with Gasteiger partial charge in [-0.25, -0.2) is 9.59 Å².